The molecule has 0 unspecified atom stereocenters. The molecule has 0 bridgehead atoms. The molecule has 3 rings (SSSR count). The molecule has 2 aromatic rings. The maximum Gasteiger partial charge on any atom is 0.0678 e. The van der Waals surface area contributed by atoms with Crippen molar-refractivity contribution >= 4 is 11.4 Å². The van der Waals surface area contributed by atoms with Gasteiger partial charge in [0.25, 0.3) is 0 Å². The smallest absolute Gasteiger partial charge is 0.0678 e. The molecule has 0 radical (unpaired) electrons. The minimum atomic E-state index is 0.958. The molecular formula is C16H14N2. The standard InChI is InChI=1S/C16H14N2/c1-11-13-7-3-5-9-15(13)16-10-6-4-8-14(16)12(2)18-17-11/h3-10H,1-2H3. The second kappa shape index (κ2) is 4.22. The van der Waals surface area contributed by atoms with Gasteiger partial charge in [0, 0.05) is 10.4 Å². The summed E-state index contributed by atoms with van der Waals surface area (Å²) in [5.41, 5.74) is 1.92. The summed E-state index contributed by atoms with van der Waals surface area (Å²) in [6, 6.07) is 16.7. The summed E-state index contributed by atoms with van der Waals surface area (Å²) < 4.78 is 0. The van der Waals surface area contributed by atoms with Gasteiger partial charge in [-0.2, -0.15) is 10.2 Å². The van der Waals surface area contributed by atoms with Gasteiger partial charge < -0.3 is 0 Å². The van der Waals surface area contributed by atoms with Crippen LogP contribution in [0.25, 0.3) is 11.4 Å². The maximum absolute atomic E-state index is 4.31. The Labute approximate surface area is 105 Å². The second-order valence-corrected chi connectivity index (χ2v) is 4.46. The van der Waals surface area contributed by atoms with Crippen LogP contribution in [0, 0.1) is 10.4 Å². The fraction of sp³-hybridized carbons (Fsp3) is 0.125. The number of benzene rings is 2. The Hall–Kier alpha value is -2.22. The van der Waals surface area contributed by atoms with Crippen LogP contribution in [0.1, 0.15) is 13.8 Å². The third-order valence-electron chi connectivity index (χ3n) is 3.27. The topological polar surface area (TPSA) is 24.7 Å². The summed E-state index contributed by atoms with van der Waals surface area (Å²) in [7, 11) is 0. The van der Waals surface area contributed by atoms with E-state index in [2.05, 4.69) is 46.6 Å². The van der Waals surface area contributed by atoms with Crippen LogP contribution in [0.5, 0.6) is 0 Å². The molecule has 0 atom stereocenters. The predicted octanol–water partition coefficient (Wildman–Crippen LogP) is 2.70. The van der Waals surface area contributed by atoms with Crippen LogP contribution in [-0.4, -0.2) is 0 Å². The van der Waals surface area contributed by atoms with Crippen LogP contribution < -0.4 is 10.4 Å². The third kappa shape index (κ3) is 1.66. The van der Waals surface area contributed by atoms with Gasteiger partial charge >= 0.3 is 0 Å². The van der Waals surface area contributed by atoms with Crippen molar-refractivity contribution in [3.63, 3.8) is 0 Å². The van der Waals surface area contributed by atoms with Crippen LogP contribution in [0.3, 0.4) is 0 Å². The van der Waals surface area contributed by atoms with Gasteiger partial charge in [-0.15, -0.1) is 0 Å². The van der Waals surface area contributed by atoms with E-state index in [-0.39, 0.29) is 0 Å². The van der Waals surface area contributed by atoms with Gasteiger partial charge in [0.1, 0.15) is 0 Å². The Morgan fingerprint density at radius 2 is 0.889 bits per heavy atom. The molecule has 0 aromatic heterocycles. The van der Waals surface area contributed by atoms with Gasteiger partial charge in [0.2, 0.25) is 0 Å². The molecule has 0 N–H and O–H groups in total. The SMILES string of the molecule is CC1=c2ccccc2=c2ccccc2=C(C)N=N1. The van der Waals surface area contributed by atoms with E-state index in [4.69, 9.17) is 0 Å². The van der Waals surface area contributed by atoms with Crippen molar-refractivity contribution in [3.8, 4) is 0 Å². The minimum Gasteiger partial charge on any atom is -0.155 e. The van der Waals surface area contributed by atoms with E-state index in [1.165, 1.54) is 10.4 Å². The molecule has 0 spiro atoms. The number of hydrogen-bond acceptors (Lipinski definition) is 2. The van der Waals surface area contributed by atoms with Crippen LogP contribution >= 0.6 is 0 Å². The number of azo groups is 1. The molecule has 0 amide bonds. The van der Waals surface area contributed by atoms with Crippen molar-refractivity contribution in [1.29, 1.82) is 0 Å². The van der Waals surface area contributed by atoms with Gasteiger partial charge in [-0.25, -0.2) is 0 Å². The molecule has 0 fully saturated rings. The van der Waals surface area contributed by atoms with E-state index in [9.17, 15) is 0 Å². The highest BCUT2D eigenvalue weighted by Gasteiger charge is 1.99. The average molecular weight is 234 g/mol. The lowest BCUT2D eigenvalue weighted by Crippen LogP contribution is -2.13. The van der Waals surface area contributed by atoms with Gasteiger partial charge in [-0.05, 0) is 24.3 Å². The lowest BCUT2D eigenvalue weighted by atomic mass is 10.1. The largest absolute Gasteiger partial charge is 0.155 e. The summed E-state index contributed by atoms with van der Waals surface area (Å²) in [4.78, 5) is 0. The lowest BCUT2D eigenvalue weighted by Gasteiger charge is -2.01. The number of nitrogens with zero attached hydrogens (tertiary/aromatic N) is 2. The highest BCUT2D eigenvalue weighted by Crippen LogP contribution is 2.04. The molecule has 18 heavy (non-hydrogen) atoms. The molecule has 0 saturated carbocycles. The van der Waals surface area contributed by atoms with Crippen molar-refractivity contribution in [2.45, 2.75) is 13.8 Å². The number of fused-ring (bicyclic) bond motifs is 2. The summed E-state index contributed by atoms with van der Waals surface area (Å²) in [6.45, 7) is 4.01. The number of rotatable bonds is 0. The zero-order chi connectivity index (χ0) is 12.5. The van der Waals surface area contributed by atoms with E-state index in [0.717, 1.165) is 21.8 Å². The van der Waals surface area contributed by atoms with Crippen molar-refractivity contribution in [1.82, 2.24) is 0 Å². The molecule has 0 saturated heterocycles. The first-order chi connectivity index (χ1) is 8.77. The Kier molecular flexibility index (Phi) is 2.56. The van der Waals surface area contributed by atoms with Crippen LogP contribution in [0.15, 0.2) is 58.8 Å². The highest BCUT2D eigenvalue weighted by atomic mass is 15.1. The van der Waals surface area contributed by atoms with Crippen LogP contribution in [0.4, 0.5) is 0 Å². The quantitative estimate of drug-likeness (QED) is 0.669. The molecule has 1 heterocycles. The minimum absolute atomic E-state index is 0.958. The van der Waals surface area contributed by atoms with E-state index in [1.807, 2.05) is 26.0 Å². The van der Waals surface area contributed by atoms with Gasteiger partial charge in [0.05, 0.1) is 11.4 Å². The van der Waals surface area contributed by atoms with Gasteiger partial charge in [-0.1, -0.05) is 48.5 Å². The number of hydrogen-bond donors (Lipinski definition) is 0. The molecule has 1 aliphatic heterocycles. The first kappa shape index (κ1) is 10.9. The zero-order valence-corrected chi connectivity index (χ0v) is 10.5. The van der Waals surface area contributed by atoms with Crippen molar-refractivity contribution in [3.05, 3.63) is 69.4 Å². The van der Waals surface area contributed by atoms with Crippen molar-refractivity contribution in [2.75, 3.05) is 0 Å². The molecule has 0 aliphatic carbocycles. The van der Waals surface area contributed by atoms with Gasteiger partial charge in [0.15, 0.2) is 0 Å². The fourth-order valence-corrected chi connectivity index (χ4v) is 2.32. The summed E-state index contributed by atoms with van der Waals surface area (Å²) in [5.74, 6) is 0. The van der Waals surface area contributed by atoms with Crippen LogP contribution in [0.2, 0.25) is 0 Å². The van der Waals surface area contributed by atoms with Crippen LogP contribution in [-0.2, 0) is 0 Å². The molecule has 88 valence electrons. The Morgan fingerprint density at radius 3 is 1.28 bits per heavy atom. The Bertz CT molecular complexity index is 774. The first-order valence-electron chi connectivity index (χ1n) is 6.05. The van der Waals surface area contributed by atoms with Crippen molar-refractivity contribution < 1.29 is 0 Å². The third-order valence-corrected chi connectivity index (χ3v) is 3.27. The fourth-order valence-electron chi connectivity index (χ4n) is 2.32. The van der Waals surface area contributed by atoms with Gasteiger partial charge in [-0.3, -0.25) is 0 Å². The van der Waals surface area contributed by atoms with E-state index < -0.39 is 0 Å². The van der Waals surface area contributed by atoms with Crippen molar-refractivity contribution in [2.24, 2.45) is 10.2 Å². The lowest BCUT2D eigenvalue weighted by molar-refractivity contribution is 1.17. The summed E-state index contributed by atoms with van der Waals surface area (Å²) >= 11 is 0. The van der Waals surface area contributed by atoms with E-state index in [1.54, 1.807) is 0 Å². The summed E-state index contributed by atoms with van der Waals surface area (Å²) in [6.07, 6.45) is 0. The molecule has 2 aromatic carbocycles. The Morgan fingerprint density at radius 1 is 0.556 bits per heavy atom. The molecule has 2 heteroatoms. The average Bonchev–Trinajstić information content (AvgIpc) is 2.43. The first-order valence-corrected chi connectivity index (χ1v) is 6.05. The Balaban J connectivity index is 2.80. The highest BCUT2D eigenvalue weighted by molar-refractivity contribution is 5.47. The molecular weight excluding hydrogens is 220 g/mol. The summed E-state index contributed by atoms with van der Waals surface area (Å²) in [5, 5.41) is 13.4. The maximum atomic E-state index is 4.31. The normalized spacial score (nSPS) is 13.7. The predicted molar refractivity (Wildman–Crippen MR) is 72.8 cm³/mol. The molecule has 2 nitrogen and oxygen atoms in total. The van der Waals surface area contributed by atoms with E-state index in [0.29, 0.717) is 0 Å². The monoisotopic (exact) mass is 234 g/mol. The second-order valence-electron chi connectivity index (χ2n) is 4.46. The zero-order valence-electron chi connectivity index (χ0n) is 10.5. The van der Waals surface area contributed by atoms with E-state index >= 15 is 0 Å². The molecule has 1 aliphatic rings.